The molecule has 0 spiro atoms. The van der Waals surface area contributed by atoms with Crippen molar-refractivity contribution in [3.8, 4) is 5.75 Å². The van der Waals surface area contributed by atoms with E-state index in [0.717, 1.165) is 29.0 Å². The summed E-state index contributed by atoms with van der Waals surface area (Å²) in [7, 11) is 1.98. The summed E-state index contributed by atoms with van der Waals surface area (Å²) >= 11 is 3.66. The second-order valence-electron chi connectivity index (χ2n) is 7.35. The Hall–Kier alpha value is -0.540. The van der Waals surface area contributed by atoms with Crippen molar-refractivity contribution in [2.45, 2.75) is 59.1 Å². The molecule has 1 aromatic rings. The van der Waals surface area contributed by atoms with E-state index >= 15 is 0 Å². The van der Waals surface area contributed by atoms with E-state index in [4.69, 9.17) is 4.74 Å². The van der Waals surface area contributed by atoms with Gasteiger partial charge in [-0.2, -0.15) is 0 Å². The van der Waals surface area contributed by atoms with Crippen LogP contribution in [0.15, 0.2) is 22.7 Å². The molecular formula is C18H28BrNO. The lowest BCUT2D eigenvalue weighted by atomic mass is 9.71. The largest absolute Gasteiger partial charge is 0.489 e. The van der Waals surface area contributed by atoms with Crippen LogP contribution in [0.25, 0.3) is 0 Å². The molecular weight excluding hydrogens is 326 g/mol. The Labute approximate surface area is 137 Å². The molecule has 3 atom stereocenters. The van der Waals surface area contributed by atoms with Crippen LogP contribution in [0.4, 0.5) is 0 Å². The van der Waals surface area contributed by atoms with E-state index < -0.39 is 0 Å². The maximum Gasteiger partial charge on any atom is 0.133 e. The highest BCUT2D eigenvalue weighted by atomic mass is 79.9. The average molecular weight is 354 g/mol. The van der Waals surface area contributed by atoms with Crippen LogP contribution in [0, 0.1) is 11.3 Å². The summed E-state index contributed by atoms with van der Waals surface area (Å²) in [5, 5.41) is 3.26. The average Bonchev–Trinajstić information content (AvgIpc) is 2.37. The van der Waals surface area contributed by atoms with Gasteiger partial charge in [-0.25, -0.2) is 0 Å². The quantitative estimate of drug-likeness (QED) is 0.790. The van der Waals surface area contributed by atoms with E-state index in [-0.39, 0.29) is 0 Å². The summed E-state index contributed by atoms with van der Waals surface area (Å²) < 4.78 is 7.35. The minimum Gasteiger partial charge on any atom is -0.489 e. The van der Waals surface area contributed by atoms with Crippen LogP contribution < -0.4 is 10.1 Å². The van der Waals surface area contributed by atoms with Crippen molar-refractivity contribution < 1.29 is 4.74 Å². The summed E-state index contributed by atoms with van der Waals surface area (Å²) in [4.78, 5) is 0. The molecule has 1 fully saturated rings. The highest BCUT2D eigenvalue weighted by Crippen LogP contribution is 2.41. The van der Waals surface area contributed by atoms with Gasteiger partial charge in [-0.15, -0.1) is 0 Å². The van der Waals surface area contributed by atoms with E-state index in [1.807, 2.05) is 7.05 Å². The molecule has 0 heterocycles. The van der Waals surface area contributed by atoms with Crippen LogP contribution in [-0.4, -0.2) is 13.2 Å². The summed E-state index contributed by atoms with van der Waals surface area (Å²) in [6.45, 7) is 9.20. The SMILES string of the molecule is CNC(C)c1ccc(OC2CC(C)CC(C)(C)C2)c(Br)c1. The fourth-order valence-electron chi connectivity index (χ4n) is 3.58. The van der Waals surface area contributed by atoms with Gasteiger partial charge in [0.1, 0.15) is 5.75 Å². The second-order valence-corrected chi connectivity index (χ2v) is 8.21. The van der Waals surface area contributed by atoms with Crippen molar-refractivity contribution in [1.82, 2.24) is 5.32 Å². The molecule has 0 amide bonds. The number of hydrogen-bond acceptors (Lipinski definition) is 2. The number of hydrogen-bond donors (Lipinski definition) is 1. The zero-order chi connectivity index (χ0) is 15.6. The lowest BCUT2D eigenvalue weighted by Gasteiger charge is -2.39. The van der Waals surface area contributed by atoms with Crippen LogP contribution >= 0.6 is 15.9 Å². The van der Waals surface area contributed by atoms with Crippen molar-refractivity contribution in [3.05, 3.63) is 28.2 Å². The Morgan fingerprint density at radius 1 is 1.33 bits per heavy atom. The molecule has 2 nitrogen and oxygen atoms in total. The molecule has 0 aromatic heterocycles. The Morgan fingerprint density at radius 2 is 2.05 bits per heavy atom. The number of ether oxygens (including phenoxy) is 1. The molecule has 1 aliphatic carbocycles. The summed E-state index contributed by atoms with van der Waals surface area (Å²) in [5.41, 5.74) is 1.66. The summed E-state index contributed by atoms with van der Waals surface area (Å²) in [5.74, 6) is 1.71. The molecule has 21 heavy (non-hydrogen) atoms. The third-order valence-electron chi connectivity index (χ3n) is 4.53. The van der Waals surface area contributed by atoms with Crippen molar-refractivity contribution in [1.29, 1.82) is 0 Å². The van der Waals surface area contributed by atoms with Crippen molar-refractivity contribution in [2.75, 3.05) is 7.05 Å². The van der Waals surface area contributed by atoms with Crippen LogP contribution in [0.5, 0.6) is 5.75 Å². The van der Waals surface area contributed by atoms with Gasteiger partial charge < -0.3 is 10.1 Å². The van der Waals surface area contributed by atoms with Crippen LogP contribution in [0.2, 0.25) is 0 Å². The first-order chi connectivity index (χ1) is 9.80. The first-order valence-corrected chi connectivity index (χ1v) is 8.73. The van der Waals surface area contributed by atoms with Crippen LogP contribution in [-0.2, 0) is 0 Å². The zero-order valence-corrected chi connectivity index (χ0v) is 15.5. The summed E-state index contributed by atoms with van der Waals surface area (Å²) in [6, 6.07) is 6.76. The maximum atomic E-state index is 6.29. The fraction of sp³-hybridized carbons (Fsp3) is 0.667. The van der Waals surface area contributed by atoms with Crippen LogP contribution in [0.3, 0.4) is 0 Å². The molecule has 1 aromatic carbocycles. The molecule has 0 radical (unpaired) electrons. The molecule has 118 valence electrons. The number of benzene rings is 1. The smallest absolute Gasteiger partial charge is 0.133 e. The maximum absolute atomic E-state index is 6.29. The fourth-order valence-corrected chi connectivity index (χ4v) is 4.07. The third kappa shape index (κ3) is 4.46. The molecule has 1 saturated carbocycles. The topological polar surface area (TPSA) is 21.3 Å². The molecule has 1 N–H and O–H groups in total. The molecule has 1 aliphatic rings. The Kier molecular flexibility index (Phi) is 5.37. The van der Waals surface area contributed by atoms with E-state index in [1.165, 1.54) is 12.0 Å². The predicted molar refractivity (Wildman–Crippen MR) is 92.8 cm³/mol. The van der Waals surface area contributed by atoms with E-state index in [9.17, 15) is 0 Å². The van der Waals surface area contributed by atoms with Gasteiger partial charge in [0.15, 0.2) is 0 Å². The zero-order valence-electron chi connectivity index (χ0n) is 13.9. The van der Waals surface area contributed by atoms with Gasteiger partial charge in [0.25, 0.3) is 0 Å². The first kappa shape index (κ1) is 16.8. The van der Waals surface area contributed by atoms with Gasteiger partial charge in [0.2, 0.25) is 0 Å². The van der Waals surface area contributed by atoms with Crippen molar-refractivity contribution in [3.63, 3.8) is 0 Å². The Balaban J connectivity index is 2.09. The number of rotatable bonds is 4. The number of halogens is 1. The standard InChI is InChI=1S/C18H28BrNO/c1-12-8-15(11-18(3,4)10-12)21-17-7-6-14(9-16(17)19)13(2)20-5/h6-7,9,12-13,15,20H,8,10-11H2,1-5H3. The van der Waals surface area contributed by atoms with E-state index in [2.05, 4.69) is 67.1 Å². The molecule has 0 saturated heterocycles. The number of nitrogens with one attached hydrogen (secondary N) is 1. The van der Waals surface area contributed by atoms with Gasteiger partial charge >= 0.3 is 0 Å². The van der Waals surface area contributed by atoms with Crippen molar-refractivity contribution >= 4 is 15.9 Å². The third-order valence-corrected chi connectivity index (χ3v) is 5.15. The second kappa shape index (κ2) is 6.70. The lowest BCUT2D eigenvalue weighted by Crippen LogP contribution is -2.34. The molecule has 0 bridgehead atoms. The lowest BCUT2D eigenvalue weighted by molar-refractivity contribution is 0.0557. The van der Waals surface area contributed by atoms with Crippen molar-refractivity contribution in [2.24, 2.45) is 11.3 Å². The van der Waals surface area contributed by atoms with Gasteiger partial charge in [0, 0.05) is 6.04 Å². The highest BCUT2D eigenvalue weighted by Gasteiger charge is 2.33. The van der Waals surface area contributed by atoms with Gasteiger partial charge in [-0.1, -0.05) is 26.8 Å². The predicted octanol–water partition coefficient (Wildman–Crippen LogP) is 5.32. The first-order valence-electron chi connectivity index (χ1n) is 7.94. The van der Waals surface area contributed by atoms with Gasteiger partial charge in [0.05, 0.1) is 10.6 Å². The molecule has 2 rings (SSSR count). The van der Waals surface area contributed by atoms with Crippen LogP contribution in [0.1, 0.15) is 58.6 Å². The van der Waals surface area contributed by atoms with E-state index in [1.54, 1.807) is 0 Å². The normalized spacial score (nSPS) is 26.4. The highest BCUT2D eigenvalue weighted by molar-refractivity contribution is 9.10. The molecule has 3 unspecified atom stereocenters. The Morgan fingerprint density at radius 3 is 2.62 bits per heavy atom. The van der Waals surface area contributed by atoms with E-state index in [0.29, 0.717) is 17.6 Å². The Bertz CT molecular complexity index is 486. The minimum absolute atomic E-state index is 0.327. The molecule has 3 heteroatoms. The van der Waals surface area contributed by atoms with Gasteiger partial charge in [-0.05, 0) is 78.2 Å². The monoisotopic (exact) mass is 353 g/mol. The van der Waals surface area contributed by atoms with Gasteiger partial charge in [-0.3, -0.25) is 0 Å². The summed E-state index contributed by atoms with van der Waals surface area (Å²) in [6.07, 6.45) is 3.92. The minimum atomic E-state index is 0.327. The molecule has 0 aliphatic heterocycles.